The first kappa shape index (κ1) is 20.3. The average molecular weight is 392 g/mol. The number of aliphatic imine (C=N–C) groups is 1. The van der Waals surface area contributed by atoms with Crippen LogP contribution in [0.25, 0.3) is 0 Å². The number of aliphatic hydroxyl groups excluding tert-OH is 1. The van der Waals surface area contributed by atoms with Gasteiger partial charge in [-0.25, -0.2) is 0 Å². The second-order valence-electron chi connectivity index (χ2n) is 6.73. The van der Waals surface area contributed by atoms with E-state index in [0.717, 1.165) is 11.3 Å². The number of carbonyl (C=O) groups is 1. The van der Waals surface area contributed by atoms with Gasteiger partial charge < -0.3 is 15.4 Å². The third kappa shape index (κ3) is 5.52. The van der Waals surface area contributed by atoms with Crippen LogP contribution in [0.1, 0.15) is 40.0 Å². The van der Waals surface area contributed by atoms with Crippen LogP contribution < -0.4 is 11.1 Å². The minimum absolute atomic E-state index is 0.00525. The fourth-order valence-corrected chi connectivity index (χ4v) is 2.97. The molecule has 0 fully saturated rings. The number of hydrogen-bond donors (Lipinski definition) is 3. The zero-order chi connectivity index (χ0) is 20.6. The Morgan fingerprint density at radius 1 is 1.17 bits per heavy atom. The van der Waals surface area contributed by atoms with E-state index in [0.29, 0.717) is 23.4 Å². The summed E-state index contributed by atoms with van der Waals surface area (Å²) < 4.78 is 5.26. The van der Waals surface area contributed by atoms with Gasteiger partial charge in [-0.3, -0.25) is 15.1 Å². The standard InChI is InChI=1S/C22H24N4O3/c1-15(19-14-20(29-26-19)25-22(23)24-10-11-27)12-16-6-5-9-18(13-16)21(28)17-7-3-2-4-8-17/h2-9,13-15,27H,10-12H2,1H3,(H3,23,24,25). The number of nitrogens with two attached hydrogens (primary N) is 1. The summed E-state index contributed by atoms with van der Waals surface area (Å²) in [6.45, 7) is 2.18. The van der Waals surface area contributed by atoms with E-state index >= 15 is 0 Å². The van der Waals surface area contributed by atoms with Crippen LogP contribution in [0.3, 0.4) is 0 Å². The van der Waals surface area contributed by atoms with Gasteiger partial charge in [0.15, 0.2) is 11.7 Å². The van der Waals surface area contributed by atoms with Crippen LogP contribution in [-0.2, 0) is 6.42 Å². The molecule has 0 spiro atoms. The molecule has 0 aliphatic carbocycles. The van der Waals surface area contributed by atoms with Gasteiger partial charge in [0, 0.05) is 23.1 Å². The number of carbonyl (C=O) groups excluding carboxylic acids is 1. The molecule has 1 unspecified atom stereocenters. The fourth-order valence-electron chi connectivity index (χ4n) is 2.97. The molecule has 29 heavy (non-hydrogen) atoms. The van der Waals surface area contributed by atoms with Crippen molar-refractivity contribution in [1.82, 2.24) is 5.16 Å². The second-order valence-corrected chi connectivity index (χ2v) is 6.73. The lowest BCUT2D eigenvalue weighted by atomic mass is 9.95. The largest absolute Gasteiger partial charge is 0.394 e. The van der Waals surface area contributed by atoms with E-state index in [9.17, 15) is 4.79 Å². The molecule has 0 saturated heterocycles. The number of hydrogen-bond acceptors (Lipinski definition) is 5. The third-order valence-corrected chi connectivity index (χ3v) is 4.43. The van der Waals surface area contributed by atoms with Gasteiger partial charge in [-0.05, 0) is 18.1 Å². The first-order valence-corrected chi connectivity index (χ1v) is 9.40. The predicted octanol–water partition coefficient (Wildman–Crippen LogP) is 2.97. The molecule has 0 amide bonds. The number of guanidine groups is 1. The van der Waals surface area contributed by atoms with Crippen LogP contribution in [0.5, 0.6) is 0 Å². The summed E-state index contributed by atoms with van der Waals surface area (Å²) in [7, 11) is 0. The third-order valence-electron chi connectivity index (χ3n) is 4.43. The summed E-state index contributed by atoms with van der Waals surface area (Å²) >= 11 is 0. The number of nitrogens with zero attached hydrogens (tertiary/aromatic N) is 2. The van der Waals surface area contributed by atoms with Crippen LogP contribution >= 0.6 is 0 Å². The van der Waals surface area contributed by atoms with Gasteiger partial charge in [-0.15, -0.1) is 0 Å². The minimum atomic E-state index is -0.0765. The maximum atomic E-state index is 12.7. The smallest absolute Gasteiger partial charge is 0.231 e. The van der Waals surface area contributed by atoms with Crippen molar-refractivity contribution in [2.45, 2.75) is 19.3 Å². The van der Waals surface area contributed by atoms with E-state index in [1.165, 1.54) is 0 Å². The van der Waals surface area contributed by atoms with Crippen molar-refractivity contribution < 1.29 is 14.4 Å². The number of ketones is 1. The Kier molecular flexibility index (Phi) is 6.76. The summed E-state index contributed by atoms with van der Waals surface area (Å²) in [5.41, 5.74) is 8.84. The van der Waals surface area contributed by atoms with E-state index in [2.05, 4.69) is 15.5 Å². The Labute approximate surface area is 169 Å². The fraction of sp³-hybridized carbons (Fsp3) is 0.227. The van der Waals surface area contributed by atoms with E-state index in [1.54, 1.807) is 6.07 Å². The number of aliphatic hydroxyl groups is 1. The van der Waals surface area contributed by atoms with Crippen molar-refractivity contribution in [3.8, 4) is 0 Å². The van der Waals surface area contributed by atoms with Gasteiger partial charge in [-0.1, -0.05) is 60.6 Å². The number of rotatable bonds is 8. The molecule has 0 radical (unpaired) electrons. The summed E-state index contributed by atoms with van der Waals surface area (Å²) in [6, 6.07) is 18.7. The zero-order valence-corrected chi connectivity index (χ0v) is 16.2. The Hall–Kier alpha value is -3.45. The lowest BCUT2D eigenvalue weighted by Crippen LogP contribution is -2.22. The quantitative estimate of drug-likeness (QED) is 0.308. The maximum Gasteiger partial charge on any atom is 0.231 e. The molecule has 0 aliphatic heterocycles. The molecule has 0 bridgehead atoms. The molecule has 3 rings (SSSR count). The number of aromatic nitrogens is 1. The highest BCUT2D eigenvalue weighted by molar-refractivity contribution is 6.09. The van der Waals surface area contributed by atoms with Crippen LogP contribution in [-0.4, -0.2) is 35.2 Å². The van der Waals surface area contributed by atoms with E-state index in [4.69, 9.17) is 15.4 Å². The van der Waals surface area contributed by atoms with Gasteiger partial charge >= 0.3 is 0 Å². The maximum absolute atomic E-state index is 12.7. The monoisotopic (exact) mass is 392 g/mol. The molecule has 7 heteroatoms. The first-order chi connectivity index (χ1) is 14.1. The van der Waals surface area contributed by atoms with E-state index in [-0.39, 0.29) is 30.8 Å². The predicted molar refractivity (Wildman–Crippen MR) is 112 cm³/mol. The Bertz CT molecular complexity index is 982. The number of nitrogens with one attached hydrogen (secondary N) is 1. The zero-order valence-electron chi connectivity index (χ0n) is 16.2. The van der Waals surface area contributed by atoms with Gasteiger partial charge in [-0.2, -0.15) is 0 Å². The molecule has 1 aromatic heterocycles. The van der Waals surface area contributed by atoms with Crippen LogP contribution in [0, 0.1) is 0 Å². The van der Waals surface area contributed by atoms with E-state index in [1.807, 2.05) is 61.5 Å². The molecular weight excluding hydrogens is 368 g/mol. The SMILES string of the molecule is CC(Cc1cccc(C(=O)c2ccccc2)c1)c1cc(NC(N)=NCCO)on1. The van der Waals surface area contributed by atoms with Crippen LogP contribution in [0.4, 0.5) is 5.88 Å². The summed E-state index contributed by atoms with van der Waals surface area (Å²) in [5.74, 6) is 0.623. The van der Waals surface area contributed by atoms with Crippen LogP contribution in [0.2, 0.25) is 0 Å². The molecular formula is C22H24N4O3. The molecule has 7 nitrogen and oxygen atoms in total. The molecule has 150 valence electrons. The molecule has 3 aromatic rings. The van der Waals surface area contributed by atoms with Gasteiger partial charge in [0.25, 0.3) is 0 Å². The Morgan fingerprint density at radius 2 is 1.93 bits per heavy atom. The number of anilines is 1. The lowest BCUT2D eigenvalue weighted by Gasteiger charge is -2.09. The normalized spacial score (nSPS) is 12.6. The Balaban J connectivity index is 1.67. The average Bonchev–Trinajstić information content (AvgIpc) is 3.21. The second kappa shape index (κ2) is 9.66. The van der Waals surface area contributed by atoms with Gasteiger partial charge in [0.1, 0.15) is 0 Å². The van der Waals surface area contributed by atoms with Gasteiger partial charge in [0.2, 0.25) is 5.88 Å². The molecule has 2 aromatic carbocycles. The summed E-state index contributed by atoms with van der Waals surface area (Å²) in [4.78, 5) is 16.6. The Morgan fingerprint density at radius 3 is 2.69 bits per heavy atom. The molecule has 0 aliphatic rings. The minimum Gasteiger partial charge on any atom is -0.394 e. The van der Waals surface area contributed by atoms with Crippen molar-refractivity contribution in [2.24, 2.45) is 10.7 Å². The summed E-state index contributed by atoms with van der Waals surface area (Å²) in [6.07, 6.45) is 0.704. The molecule has 1 atom stereocenters. The van der Waals surface area contributed by atoms with E-state index < -0.39 is 0 Å². The topological polar surface area (TPSA) is 114 Å². The summed E-state index contributed by atoms with van der Waals surface area (Å²) in [5, 5.41) is 15.7. The van der Waals surface area contributed by atoms with Crippen molar-refractivity contribution in [3.05, 3.63) is 83.0 Å². The highest BCUT2D eigenvalue weighted by Gasteiger charge is 2.15. The van der Waals surface area contributed by atoms with Crippen molar-refractivity contribution >= 4 is 17.6 Å². The lowest BCUT2D eigenvalue weighted by molar-refractivity contribution is 0.103. The number of benzene rings is 2. The highest BCUT2D eigenvalue weighted by atomic mass is 16.5. The van der Waals surface area contributed by atoms with Crippen molar-refractivity contribution in [1.29, 1.82) is 0 Å². The molecule has 1 heterocycles. The molecule has 4 N–H and O–H groups in total. The highest BCUT2D eigenvalue weighted by Crippen LogP contribution is 2.23. The molecule has 0 saturated carbocycles. The first-order valence-electron chi connectivity index (χ1n) is 9.40. The van der Waals surface area contributed by atoms with Crippen molar-refractivity contribution in [3.63, 3.8) is 0 Å². The van der Waals surface area contributed by atoms with Crippen LogP contribution in [0.15, 0.2) is 70.2 Å². The van der Waals surface area contributed by atoms with Crippen molar-refractivity contribution in [2.75, 3.05) is 18.5 Å². The van der Waals surface area contributed by atoms with Gasteiger partial charge in [0.05, 0.1) is 18.8 Å².